The van der Waals surface area contributed by atoms with Gasteiger partial charge >= 0.3 is 0 Å². The number of aromatic nitrogens is 2. The maximum Gasteiger partial charge on any atom is 0.153 e. The Hall–Kier alpha value is -1.81. The lowest BCUT2D eigenvalue weighted by atomic mass is 10.3. The van der Waals surface area contributed by atoms with Crippen molar-refractivity contribution in [2.75, 3.05) is 23.3 Å². The fraction of sp³-hybridized carbons (Fsp3) is 0.286. The van der Waals surface area contributed by atoms with E-state index in [1.165, 1.54) is 12.8 Å². The second-order valence-corrected chi connectivity index (χ2v) is 5.04. The van der Waals surface area contributed by atoms with Gasteiger partial charge in [0.25, 0.3) is 0 Å². The third-order valence-electron chi connectivity index (χ3n) is 3.20. The first-order valence-corrected chi connectivity index (χ1v) is 6.80. The number of halogens is 1. The minimum absolute atomic E-state index is 0.723. The molecule has 5 heteroatoms. The van der Waals surface area contributed by atoms with Crippen molar-refractivity contribution in [3.8, 4) is 0 Å². The highest BCUT2D eigenvalue weighted by Gasteiger charge is 2.13. The summed E-state index contributed by atoms with van der Waals surface area (Å²) < 4.78 is 0. The van der Waals surface area contributed by atoms with Crippen molar-refractivity contribution in [1.82, 2.24) is 10.2 Å². The second-order valence-electron chi connectivity index (χ2n) is 4.60. The first-order valence-electron chi connectivity index (χ1n) is 6.42. The summed E-state index contributed by atoms with van der Waals surface area (Å²) in [5, 5.41) is 12.4. The van der Waals surface area contributed by atoms with Crippen LogP contribution in [0.15, 0.2) is 36.4 Å². The van der Waals surface area contributed by atoms with Gasteiger partial charge in [-0.15, -0.1) is 10.2 Å². The van der Waals surface area contributed by atoms with Crippen LogP contribution in [-0.2, 0) is 0 Å². The van der Waals surface area contributed by atoms with Crippen LogP contribution < -0.4 is 10.2 Å². The molecular weight excluding hydrogens is 260 g/mol. The Labute approximate surface area is 117 Å². The molecule has 19 heavy (non-hydrogen) atoms. The smallest absolute Gasteiger partial charge is 0.153 e. The van der Waals surface area contributed by atoms with Gasteiger partial charge in [-0.25, -0.2) is 0 Å². The summed E-state index contributed by atoms with van der Waals surface area (Å²) in [5.74, 6) is 1.70. The van der Waals surface area contributed by atoms with E-state index in [0.717, 1.165) is 35.4 Å². The van der Waals surface area contributed by atoms with Crippen molar-refractivity contribution in [2.24, 2.45) is 0 Å². The molecule has 1 aromatic carbocycles. The minimum Gasteiger partial charge on any atom is -0.355 e. The van der Waals surface area contributed by atoms with Gasteiger partial charge in [0.2, 0.25) is 0 Å². The van der Waals surface area contributed by atoms with Crippen molar-refractivity contribution < 1.29 is 0 Å². The molecule has 0 saturated carbocycles. The van der Waals surface area contributed by atoms with Gasteiger partial charge in [-0.1, -0.05) is 11.6 Å². The quantitative estimate of drug-likeness (QED) is 0.930. The highest BCUT2D eigenvalue weighted by atomic mass is 35.5. The van der Waals surface area contributed by atoms with Gasteiger partial charge < -0.3 is 10.2 Å². The van der Waals surface area contributed by atoms with Crippen LogP contribution in [0.3, 0.4) is 0 Å². The molecule has 1 N–H and O–H groups in total. The van der Waals surface area contributed by atoms with E-state index in [4.69, 9.17) is 11.6 Å². The maximum absolute atomic E-state index is 5.85. The monoisotopic (exact) mass is 274 g/mol. The van der Waals surface area contributed by atoms with Crippen molar-refractivity contribution in [1.29, 1.82) is 0 Å². The van der Waals surface area contributed by atoms with Gasteiger partial charge in [0.05, 0.1) is 0 Å². The molecule has 2 heterocycles. The average molecular weight is 275 g/mol. The number of nitrogens with one attached hydrogen (secondary N) is 1. The van der Waals surface area contributed by atoms with Crippen molar-refractivity contribution in [3.05, 3.63) is 41.4 Å². The molecule has 0 amide bonds. The standard InChI is InChI=1S/C14H15ClN4/c15-11-3-5-12(6-4-11)16-13-7-8-14(18-17-13)19-9-1-2-10-19/h3-8H,1-2,9-10H2,(H,16,17). The summed E-state index contributed by atoms with van der Waals surface area (Å²) in [4.78, 5) is 2.26. The van der Waals surface area contributed by atoms with Crippen LogP contribution in [0.25, 0.3) is 0 Å². The van der Waals surface area contributed by atoms with Crippen molar-refractivity contribution >= 4 is 28.9 Å². The third kappa shape index (κ3) is 2.96. The SMILES string of the molecule is Clc1ccc(Nc2ccc(N3CCCC3)nn2)cc1. The maximum atomic E-state index is 5.85. The molecule has 1 aliphatic rings. The molecule has 0 bridgehead atoms. The largest absolute Gasteiger partial charge is 0.355 e. The van der Waals surface area contributed by atoms with E-state index in [-0.39, 0.29) is 0 Å². The lowest BCUT2D eigenvalue weighted by Crippen LogP contribution is -2.19. The van der Waals surface area contributed by atoms with Gasteiger partial charge in [-0.05, 0) is 49.2 Å². The van der Waals surface area contributed by atoms with Crippen molar-refractivity contribution in [3.63, 3.8) is 0 Å². The highest BCUT2D eigenvalue weighted by molar-refractivity contribution is 6.30. The van der Waals surface area contributed by atoms with Gasteiger partial charge in [-0.2, -0.15) is 0 Å². The Balaban J connectivity index is 1.70. The van der Waals surface area contributed by atoms with E-state index in [0.29, 0.717) is 0 Å². The molecule has 1 fully saturated rings. The van der Waals surface area contributed by atoms with Crippen LogP contribution in [0.5, 0.6) is 0 Å². The molecule has 1 aromatic heterocycles. The molecule has 98 valence electrons. The first-order chi connectivity index (χ1) is 9.31. The molecule has 0 unspecified atom stereocenters. The summed E-state index contributed by atoms with van der Waals surface area (Å²) in [7, 11) is 0. The Morgan fingerprint density at radius 2 is 1.68 bits per heavy atom. The van der Waals surface area contributed by atoms with Gasteiger partial charge in [-0.3, -0.25) is 0 Å². The predicted octanol–water partition coefficient (Wildman–Crippen LogP) is 3.47. The lowest BCUT2D eigenvalue weighted by molar-refractivity contribution is 0.896. The topological polar surface area (TPSA) is 41.0 Å². The van der Waals surface area contributed by atoms with Crippen LogP contribution in [-0.4, -0.2) is 23.3 Å². The number of hydrogen-bond donors (Lipinski definition) is 1. The Kier molecular flexibility index (Phi) is 3.51. The number of benzene rings is 1. The molecule has 1 aliphatic heterocycles. The van der Waals surface area contributed by atoms with Crippen LogP contribution >= 0.6 is 11.6 Å². The summed E-state index contributed by atoms with van der Waals surface area (Å²) in [6.45, 7) is 2.16. The number of nitrogens with zero attached hydrogens (tertiary/aromatic N) is 3. The minimum atomic E-state index is 0.723. The van der Waals surface area contributed by atoms with E-state index >= 15 is 0 Å². The molecule has 0 radical (unpaired) electrons. The Morgan fingerprint density at radius 3 is 2.32 bits per heavy atom. The van der Waals surface area contributed by atoms with E-state index in [1.54, 1.807) is 0 Å². The molecular formula is C14H15ClN4. The fourth-order valence-corrected chi connectivity index (χ4v) is 2.31. The van der Waals surface area contributed by atoms with E-state index in [9.17, 15) is 0 Å². The number of rotatable bonds is 3. The van der Waals surface area contributed by atoms with Gasteiger partial charge in [0, 0.05) is 23.8 Å². The summed E-state index contributed by atoms with van der Waals surface area (Å²) in [5.41, 5.74) is 0.952. The van der Waals surface area contributed by atoms with E-state index in [1.807, 2.05) is 36.4 Å². The first kappa shape index (κ1) is 12.2. The lowest BCUT2D eigenvalue weighted by Gasteiger charge is -2.15. The molecule has 0 spiro atoms. The average Bonchev–Trinajstić information content (AvgIpc) is 2.96. The van der Waals surface area contributed by atoms with Crippen LogP contribution in [0.1, 0.15) is 12.8 Å². The third-order valence-corrected chi connectivity index (χ3v) is 3.45. The fourth-order valence-electron chi connectivity index (χ4n) is 2.19. The Bertz CT molecular complexity index is 532. The normalized spacial score (nSPS) is 14.7. The zero-order chi connectivity index (χ0) is 13.1. The van der Waals surface area contributed by atoms with E-state index < -0.39 is 0 Å². The molecule has 0 aliphatic carbocycles. The number of anilines is 3. The zero-order valence-electron chi connectivity index (χ0n) is 10.5. The second kappa shape index (κ2) is 5.45. The van der Waals surface area contributed by atoms with Crippen LogP contribution in [0, 0.1) is 0 Å². The molecule has 1 saturated heterocycles. The van der Waals surface area contributed by atoms with Crippen molar-refractivity contribution in [2.45, 2.75) is 12.8 Å². The summed E-state index contributed by atoms with van der Waals surface area (Å²) in [6, 6.07) is 11.5. The molecule has 0 atom stereocenters. The molecule has 3 rings (SSSR count). The van der Waals surface area contributed by atoms with Crippen LogP contribution in [0.2, 0.25) is 5.02 Å². The molecule has 2 aromatic rings. The molecule has 4 nitrogen and oxygen atoms in total. The predicted molar refractivity (Wildman–Crippen MR) is 78.2 cm³/mol. The van der Waals surface area contributed by atoms with E-state index in [2.05, 4.69) is 20.4 Å². The zero-order valence-corrected chi connectivity index (χ0v) is 11.3. The van der Waals surface area contributed by atoms with Gasteiger partial charge in [0.1, 0.15) is 0 Å². The summed E-state index contributed by atoms with van der Waals surface area (Å²) >= 11 is 5.85. The van der Waals surface area contributed by atoms with Gasteiger partial charge in [0.15, 0.2) is 11.6 Å². The summed E-state index contributed by atoms with van der Waals surface area (Å²) in [6.07, 6.45) is 2.49. The Morgan fingerprint density at radius 1 is 0.947 bits per heavy atom. The highest BCUT2D eigenvalue weighted by Crippen LogP contribution is 2.20. The number of hydrogen-bond acceptors (Lipinski definition) is 4. The van der Waals surface area contributed by atoms with Crippen LogP contribution in [0.4, 0.5) is 17.3 Å².